The molecule has 1 atom stereocenters. The van der Waals surface area contributed by atoms with Crippen molar-refractivity contribution >= 4 is 17.8 Å². The summed E-state index contributed by atoms with van der Waals surface area (Å²) in [6, 6.07) is 3.38. The lowest BCUT2D eigenvalue weighted by molar-refractivity contribution is -0.137. The van der Waals surface area contributed by atoms with Gasteiger partial charge in [-0.15, -0.1) is 0 Å². The Bertz CT molecular complexity index is 650. The van der Waals surface area contributed by atoms with Crippen molar-refractivity contribution in [1.82, 2.24) is 10.6 Å². The van der Waals surface area contributed by atoms with Crippen molar-refractivity contribution in [2.75, 3.05) is 13.1 Å². The minimum atomic E-state index is -1.02. The average molecular weight is 381 g/mol. The molecule has 0 bridgehead atoms. The first kappa shape index (κ1) is 22.2. The highest BCUT2D eigenvalue weighted by atomic mass is 16.4. The summed E-state index contributed by atoms with van der Waals surface area (Å²) in [4.78, 5) is 34.4. The van der Waals surface area contributed by atoms with Crippen LogP contribution in [0.1, 0.15) is 37.7 Å². The third-order valence-corrected chi connectivity index (χ3v) is 3.88. The number of rotatable bonds is 12. The molecule has 0 saturated carbocycles. The summed E-state index contributed by atoms with van der Waals surface area (Å²) in [5.41, 5.74) is 5.61. The van der Waals surface area contributed by atoms with Crippen LogP contribution in [-0.4, -0.2) is 52.2 Å². The van der Waals surface area contributed by atoms with Crippen LogP contribution in [0.5, 0.6) is 11.5 Å². The van der Waals surface area contributed by atoms with Gasteiger partial charge in [-0.2, -0.15) is 0 Å². The second-order valence-corrected chi connectivity index (χ2v) is 6.24. The van der Waals surface area contributed by atoms with Gasteiger partial charge in [-0.3, -0.25) is 14.4 Å². The summed E-state index contributed by atoms with van der Waals surface area (Å²) in [5, 5.41) is 33.4. The number of aliphatic carboxylic acids is 1. The molecule has 0 fully saturated rings. The zero-order chi connectivity index (χ0) is 20.2. The summed E-state index contributed by atoms with van der Waals surface area (Å²) in [7, 11) is 0. The zero-order valence-corrected chi connectivity index (χ0v) is 15.1. The number of unbranched alkanes of at least 4 members (excludes halogenated alkanes) is 1. The SMILES string of the molecule is NCCC(=O)NCCCCC(CC(=O)O)NC(=O)Cc1ccc(O)cc1O. The summed E-state index contributed by atoms with van der Waals surface area (Å²) >= 11 is 0. The lowest BCUT2D eigenvalue weighted by Crippen LogP contribution is -2.37. The molecule has 0 spiro atoms. The first-order valence-corrected chi connectivity index (χ1v) is 8.80. The van der Waals surface area contributed by atoms with Crippen LogP contribution >= 0.6 is 0 Å². The number of phenols is 2. The number of carbonyl (C=O) groups is 3. The molecule has 9 heteroatoms. The van der Waals surface area contributed by atoms with Gasteiger partial charge in [-0.25, -0.2) is 0 Å². The Morgan fingerprint density at radius 3 is 2.48 bits per heavy atom. The van der Waals surface area contributed by atoms with E-state index in [1.165, 1.54) is 12.1 Å². The number of carboxylic acids is 1. The highest BCUT2D eigenvalue weighted by Gasteiger charge is 2.17. The number of amides is 2. The number of aromatic hydroxyl groups is 2. The predicted molar refractivity (Wildman–Crippen MR) is 98.2 cm³/mol. The summed E-state index contributed by atoms with van der Waals surface area (Å²) in [6.45, 7) is 0.753. The molecular weight excluding hydrogens is 354 g/mol. The Balaban J connectivity index is 2.45. The first-order valence-electron chi connectivity index (χ1n) is 8.80. The Kier molecular flexibility index (Phi) is 9.66. The first-order chi connectivity index (χ1) is 12.8. The van der Waals surface area contributed by atoms with Crippen LogP contribution in [0.2, 0.25) is 0 Å². The molecule has 0 aliphatic rings. The molecule has 9 nitrogen and oxygen atoms in total. The monoisotopic (exact) mass is 381 g/mol. The number of carbonyl (C=O) groups excluding carboxylic acids is 2. The molecule has 0 aromatic heterocycles. The number of carboxylic acid groups (broad SMARTS) is 1. The summed E-state index contributed by atoms with van der Waals surface area (Å²) < 4.78 is 0. The fraction of sp³-hybridized carbons (Fsp3) is 0.500. The van der Waals surface area contributed by atoms with Crippen molar-refractivity contribution in [3.63, 3.8) is 0 Å². The number of nitrogens with one attached hydrogen (secondary N) is 2. The summed E-state index contributed by atoms with van der Waals surface area (Å²) in [6.07, 6.45) is 1.66. The molecule has 150 valence electrons. The van der Waals surface area contributed by atoms with Crippen molar-refractivity contribution in [3.05, 3.63) is 23.8 Å². The van der Waals surface area contributed by atoms with Crippen LogP contribution in [0.3, 0.4) is 0 Å². The lowest BCUT2D eigenvalue weighted by atomic mass is 10.0. The Hall–Kier alpha value is -2.81. The number of phenolic OH excluding ortho intramolecular Hbond substituents is 2. The van der Waals surface area contributed by atoms with E-state index in [0.717, 1.165) is 6.07 Å². The maximum absolute atomic E-state index is 12.1. The van der Waals surface area contributed by atoms with Gasteiger partial charge >= 0.3 is 5.97 Å². The van der Waals surface area contributed by atoms with E-state index >= 15 is 0 Å². The van der Waals surface area contributed by atoms with E-state index < -0.39 is 17.9 Å². The Morgan fingerprint density at radius 2 is 1.85 bits per heavy atom. The molecule has 0 aliphatic carbocycles. The van der Waals surface area contributed by atoms with Gasteiger partial charge in [0.05, 0.1) is 12.8 Å². The van der Waals surface area contributed by atoms with E-state index in [-0.39, 0.29) is 43.2 Å². The van der Waals surface area contributed by atoms with Crippen molar-refractivity contribution < 1.29 is 29.7 Å². The summed E-state index contributed by atoms with van der Waals surface area (Å²) in [5.74, 6) is -1.88. The molecule has 0 radical (unpaired) electrons. The predicted octanol–water partition coefficient (Wildman–Crippen LogP) is 0.235. The van der Waals surface area contributed by atoms with E-state index in [1.807, 2.05) is 0 Å². The average Bonchev–Trinajstić information content (AvgIpc) is 2.56. The van der Waals surface area contributed by atoms with Gasteiger partial charge in [-0.05, 0) is 25.3 Å². The van der Waals surface area contributed by atoms with Gasteiger partial charge in [0.2, 0.25) is 11.8 Å². The van der Waals surface area contributed by atoms with Gasteiger partial charge in [0.1, 0.15) is 11.5 Å². The molecule has 1 unspecified atom stereocenters. The van der Waals surface area contributed by atoms with Crippen LogP contribution in [0.25, 0.3) is 0 Å². The van der Waals surface area contributed by atoms with E-state index in [4.69, 9.17) is 10.8 Å². The molecule has 27 heavy (non-hydrogen) atoms. The van der Waals surface area contributed by atoms with Gasteiger partial charge in [-0.1, -0.05) is 6.07 Å². The van der Waals surface area contributed by atoms with Crippen LogP contribution in [0, 0.1) is 0 Å². The number of benzene rings is 1. The van der Waals surface area contributed by atoms with Gasteiger partial charge in [0, 0.05) is 37.2 Å². The van der Waals surface area contributed by atoms with Crippen molar-refractivity contribution in [1.29, 1.82) is 0 Å². The Labute approximate surface area is 157 Å². The highest BCUT2D eigenvalue weighted by Crippen LogP contribution is 2.22. The van der Waals surface area contributed by atoms with Gasteiger partial charge < -0.3 is 31.7 Å². The third kappa shape index (κ3) is 9.45. The van der Waals surface area contributed by atoms with Crippen LogP contribution in [-0.2, 0) is 20.8 Å². The van der Waals surface area contributed by atoms with Crippen molar-refractivity contribution in [3.8, 4) is 11.5 Å². The smallest absolute Gasteiger partial charge is 0.305 e. The fourth-order valence-corrected chi connectivity index (χ4v) is 2.55. The van der Waals surface area contributed by atoms with Crippen molar-refractivity contribution in [2.45, 2.75) is 44.6 Å². The number of hydrogen-bond donors (Lipinski definition) is 6. The van der Waals surface area contributed by atoms with E-state index in [2.05, 4.69) is 10.6 Å². The minimum Gasteiger partial charge on any atom is -0.508 e. The molecular formula is C18H27N3O6. The largest absolute Gasteiger partial charge is 0.508 e. The molecule has 0 heterocycles. The number of hydrogen-bond acceptors (Lipinski definition) is 6. The zero-order valence-electron chi connectivity index (χ0n) is 15.1. The minimum absolute atomic E-state index is 0.112. The van der Waals surface area contributed by atoms with E-state index in [1.54, 1.807) is 0 Å². The van der Waals surface area contributed by atoms with Gasteiger partial charge in [0.15, 0.2) is 0 Å². The van der Waals surface area contributed by atoms with Crippen molar-refractivity contribution in [2.24, 2.45) is 5.73 Å². The maximum Gasteiger partial charge on any atom is 0.305 e. The van der Waals surface area contributed by atoms with Crippen LogP contribution in [0.15, 0.2) is 18.2 Å². The molecule has 0 aliphatic heterocycles. The fourth-order valence-electron chi connectivity index (χ4n) is 2.55. The molecule has 2 amide bonds. The topological polar surface area (TPSA) is 162 Å². The van der Waals surface area contributed by atoms with Gasteiger partial charge in [0.25, 0.3) is 0 Å². The normalized spacial score (nSPS) is 11.6. The molecule has 0 saturated heterocycles. The van der Waals surface area contributed by atoms with E-state index in [9.17, 15) is 24.6 Å². The third-order valence-electron chi connectivity index (χ3n) is 3.88. The van der Waals surface area contributed by atoms with Crippen LogP contribution < -0.4 is 16.4 Å². The Morgan fingerprint density at radius 1 is 1.11 bits per heavy atom. The maximum atomic E-state index is 12.1. The second kappa shape index (κ2) is 11.7. The van der Waals surface area contributed by atoms with E-state index in [0.29, 0.717) is 31.4 Å². The highest BCUT2D eigenvalue weighted by molar-refractivity contribution is 5.80. The quantitative estimate of drug-likeness (QED) is 0.282. The lowest BCUT2D eigenvalue weighted by Gasteiger charge is -2.17. The molecule has 1 aromatic rings. The standard InChI is InChI=1S/C18H27N3O6/c19-7-6-16(24)20-8-2-1-3-13(10-18(26)27)21-17(25)9-12-4-5-14(22)11-15(12)23/h4-5,11,13,22-23H,1-3,6-10,19H2,(H,20,24)(H,21,25)(H,26,27). The second-order valence-electron chi connectivity index (χ2n) is 6.24. The number of nitrogens with two attached hydrogens (primary N) is 1. The van der Waals surface area contributed by atoms with Crippen LogP contribution in [0.4, 0.5) is 0 Å². The molecule has 1 rings (SSSR count). The molecule has 7 N–H and O–H groups in total. The molecule has 1 aromatic carbocycles.